The first-order valence-corrected chi connectivity index (χ1v) is 8.81. The van der Waals surface area contributed by atoms with E-state index in [1.807, 2.05) is 44.2 Å². The summed E-state index contributed by atoms with van der Waals surface area (Å²) in [4.78, 5) is 12.6. The number of rotatable bonds is 6. The Labute approximate surface area is 144 Å². The van der Waals surface area contributed by atoms with E-state index in [1.54, 1.807) is 0 Å². The average Bonchev–Trinajstić information content (AvgIpc) is 3.08. The van der Waals surface area contributed by atoms with Crippen LogP contribution in [-0.4, -0.2) is 12.0 Å². The third kappa shape index (κ3) is 3.78. The van der Waals surface area contributed by atoms with Gasteiger partial charge in [0.15, 0.2) is 6.10 Å². The number of carbonyl (C=O) groups excluding carboxylic acids is 1. The highest BCUT2D eigenvalue weighted by molar-refractivity contribution is 5.81. The first kappa shape index (κ1) is 16.6. The number of fused-ring (bicyclic) bond motifs is 1. The van der Waals surface area contributed by atoms with Crippen LogP contribution in [-0.2, 0) is 17.6 Å². The second kappa shape index (κ2) is 7.52. The topological polar surface area (TPSA) is 38.3 Å². The normalized spacial score (nSPS) is 15.4. The van der Waals surface area contributed by atoms with Crippen molar-refractivity contribution >= 4 is 5.91 Å². The summed E-state index contributed by atoms with van der Waals surface area (Å²) < 4.78 is 5.82. The summed E-state index contributed by atoms with van der Waals surface area (Å²) in [6.45, 7) is 4.00. The first-order valence-electron chi connectivity index (χ1n) is 8.81. The van der Waals surface area contributed by atoms with E-state index in [2.05, 4.69) is 23.5 Å². The molecule has 2 aromatic carbocycles. The summed E-state index contributed by atoms with van der Waals surface area (Å²) in [5.41, 5.74) is 4.05. The molecule has 1 aliphatic rings. The Balaban J connectivity index is 1.64. The van der Waals surface area contributed by atoms with Crippen molar-refractivity contribution in [1.82, 2.24) is 5.32 Å². The molecular formula is C21H25NO2. The van der Waals surface area contributed by atoms with E-state index in [4.69, 9.17) is 4.74 Å². The third-order valence-corrected chi connectivity index (χ3v) is 4.67. The number of hydrogen-bond acceptors (Lipinski definition) is 2. The lowest BCUT2D eigenvalue weighted by atomic mass is 10.0. The fourth-order valence-electron chi connectivity index (χ4n) is 3.24. The van der Waals surface area contributed by atoms with Gasteiger partial charge < -0.3 is 10.1 Å². The van der Waals surface area contributed by atoms with E-state index in [1.165, 1.54) is 29.5 Å². The molecule has 2 aromatic rings. The van der Waals surface area contributed by atoms with Gasteiger partial charge in [0.1, 0.15) is 5.75 Å². The van der Waals surface area contributed by atoms with Crippen molar-refractivity contribution in [2.75, 3.05) is 0 Å². The lowest BCUT2D eigenvalue weighted by Gasteiger charge is -2.21. The Kier molecular flexibility index (Phi) is 5.19. The van der Waals surface area contributed by atoms with Gasteiger partial charge in [0, 0.05) is 0 Å². The smallest absolute Gasteiger partial charge is 0.261 e. The lowest BCUT2D eigenvalue weighted by molar-refractivity contribution is -0.128. The van der Waals surface area contributed by atoms with E-state index >= 15 is 0 Å². The van der Waals surface area contributed by atoms with Crippen molar-refractivity contribution in [3.63, 3.8) is 0 Å². The zero-order chi connectivity index (χ0) is 16.9. The maximum absolute atomic E-state index is 12.6. The van der Waals surface area contributed by atoms with Crippen molar-refractivity contribution in [3.05, 3.63) is 65.2 Å². The van der Waals surface area contributed by atoms with Crippen molar-refractivity contribution in [2.45, 2.75) is 51.7 Å². The summed E-state index contributed by atoms with van der Waals surface area (Å²) in [7, 11) is 0. The van der Waals surface area contributed by atoms with Crippen molar-refractivity contribution in [3.8, 4) is 5.75 Å². The number of benzene rings is 2. The number of ether oxygens (including phenoxy) is 1. The molecule has 1 N–H and O–H groups in total. The molecule has 0 bridgehead atoms. The molecule has 3 rings (SSSR count). The van der Waals surface area contributed by atoms with Crippen LogP contribution in [0.15, 0.2) is 48.5 Å². The largest absolute Gasteiger partial charge is 0.481 e. The number of nitrogens with one attached hydrogen (secondary N) is 1. The van der Waals surface area contributed by atoms with Crippen LogP contribution in [0.5, 0.6) is 5.75 Å². The summed E-state index contributed by atoms with van der Waals surface area (Å²) in [6, 6.07) is 16.1. The van der Waals surface area contributed by atoms with E-state index < -0.39 is 6.10 Å². The van der Waals surface area contributed by atoms with E-state index in [0.29, 0.717) is 6.42 Å². The van der Waals surface area contributed by atoms with Gasteiger partial charge in [0.05, 0.1) is 6.04 Å². The predicted molar refractivity (Wildman–Crippen MR) is 96.2 cm³/mol. The molecule has 0 saturated carbocycles. The fraction of sp³-hybridized carbons (Fsp3) is 0.381. The number of carbonyl (C=O) groups is 1. The van der Waals surface area contributed by atoms with Crippen LogP contribution >= 0.6 is 0 Å². The van der Waals surface area contributed by atoms with Gasteiger partial charge >= 0.3 is 0 Å². The van der Waals surface area contributed by atoms with Gasteiger partial charge in [0.2, 0.25) is 0 Å². The minimum Gasteiger partial charge on any atom is -0.481 e. The number of para-hydroxylation sites is 1. The Morgan fingerprint density at radius 2 is 1.88 bits per heavy atom. The molecule has 0 aromatic heterocycles. The minimum atomic E-state index is -0.468. The molecule has 0 spiro atoms. The molecule has 0 heterocycles. The maximum Gasteiger partial charge on any atom is 0.261 e. The Morgan fingerprint density at radius 1 is 1.12 bits per heavy atom. The van der Waals surface area contributed by atoms with Gasteiger partial charge in [-0.05, 0) is 61.4 Å². The average molecular weight is 323 g/mol. The summed E-state index contributed by atoms with van der Waals surface area (Å²) in [5.74, 6) is 0.666. The molecule has 24 heavy (non-hydrogen) atoms. The Bertz CT molecular complexity index is 696. The van der Waals surface area contributed by atoms with Crippen molar-refractivity contribution in [1.29, 1.82) is 0 Å². The quantitative estimate of drug-likeness (QED) is 0.865. The number of hydrogen-bond donors (Lipinski definition) is 1. The van der Waals surface area contributed by atoms with Crippen LogP contribution in [0.1, 0.15) is 49.4 Å². The zero-order valence-corrected chi connectivity index (χ0v) is 14.4. The summed E-state index contributed by atoms with van der Waals surface area (Å²) in [6.07, 6.45) is 3.74. The molecule has 0 unspecified atom stereocenters. The second-order valence-corrected chi connectivity index (χ2v) is 6.44. The molecule has 0 radical (unpaired) electrons. The second-order valence-electron chi connectivity index (χ2n) is 6.44. The molecule has 0 saturated heterocycles. The molecule has 1 aliphatic carbocycles. The van der Waals surface area contributed by atoms with Crippen LogP contribution in [0.3, 0.4) is 0 Å². The van der Waals surface area contributed by atoms with Crippen LogP contribution in [0.2, 0.25) is 0 Å². The van der Waals surface area contributed by atoms with Crippen molar-refractivity contribution in [2.24, 2.45) is 0 Å². The number of amides is 1. The molecule has 3 nitrogen and oxygen atoms in total. The highest BCUT2D eigenvalue weighted by Crippen LogP contribution is 2.25. The summed E-state index contributed by atoms with van der Waals surface area (Å²) in [5, 5.41) is 3.09. The van der Waals surface area contributed by atoms with Gasteiger partial charge in [-0.2, -0.15) is 0 Å². The highest BCUT2D eigenvalue weighted by atomic mass is 16.5. The van der Waals surface area contributed by atoms with Crippen LogP contribution in [0.25, 0.3) is 0 Å². The van der Waals surface area contributed by atoms with Crippen molar-refractivity contribution < 1.29 is 9.53 Å². The lowest BCUT2D eigenvalue weighted by Crippen LogP contribution is -2.39. The molecule has 3 heteroatoms. The van der Waals surface area contributed by atoms with E-state index in [-0.39, 0.29) is 11.9 Å². The minimum absolute atomic E-state index is 0.0168. The van der Waals surface area contributed by atoms with Crippen LogP contribution in [0.4, 0.5) is 0 Å². The molecule has 1 amide bonds. The molecular weight excluding hydrogens is 298 g/mol. The first-order chi connectivity index (χ1) is 11.7. The maximum atomic E-state index is 12.6. The van der Waals surface area contributed by atoms with E-state index in [0.717, 1.165) is 12.2 Å². The molecule has 0 fully saturated rings. The molecule has 2 atom stereocenters. The molecule has 0 aliphatic heterocycles. The Morgan fingerprint density at radius 3 is 2.62 bits per heavy atom. The standard InChI is InChI=1S/C21H25NO2/c1-3-20(24-19-10-5-4-6-11-19)21(23)22-15(2)17-13-12-16-8-7-9-18(16)14-17/h4-6,10-15,20H,3,7-9H2,1-2H3,(H,22,23)/t15-,20-/m1/s1. The van der Waals surface area contributed by atoms with Gasteiger partial charge in [-0.15, -0.1) is 0 Å². The van der Waals surface area contributed by atoms with Gasteiger partial charge in [-0.3, -0.25) is 4.79 Å². The number of aryl methyl sites for hydroxylation is 2. The predicted octanol–water partition coefficient (Wildman–Crippen LogP) is 4.21. The highest BCUT2D eigenvalue weighted by Gasteiger charge is 2.21. The Hall–Kier alpha value is -2.29. The third-order valence-electron chi connectivity index (χ3n) is 4.67. The van der Waals surface area contributed by atoms with Crippen LogP contribution in [0, 0.1) is 0 Å². The van der Waals surface area contributed by atoms with Crippen LogP contribution < -0.4 is 10.1 Å². The van der Waals surface area contributed by atoms with Gasteiger partial charge in [0.25, 0.3) is 5.91 Å². The molecule has 126 valence electrons. The zero-order valence-electron chi connectivity index (χ0n) is 14.4. The van der Waals surface area contributed by atoms with Gasteiger partial charge in [-0.1, -0.05) is 43.3 Å². The monoisotopic (exact) mass is 323 g/mol. The van der Waals surface area contributed by atoms with E-state index in [9.17, 15) is 4.79 Å². The fourth-order valence-corrected chi connectivity index (χ4v) is 3.24. The SMILES string of the molecule is CC[C@@H](Oc1ccccc1)C(=O)N[C@H](C)c1ccc2c(c1)CCC2. The van der Waals surface area contributed by atoms with Gasteiger partial charge in [-0.25, -0.2) is 0 Å². The summed E-state index contributed by atoms with van der Waals surface area (Å²) >= 11 is 0.